The van der Waals surface area contributed by atoms with Gasteiger partial charge in [0.1, 0.15) is 0 Å². The van der Waals surface area contributed by atoms with E-state index in [0.717, 1.165) is 0 Å². The fourth-order valence-electron chi connectivity index (χ4n) is 2.12. The second-order valence-electron chi connectivity index (χ2n) is 5.31. The molecule has 2 rings (SSSR count). The Morgan fingerprint density at radius 2 is 1.29 bits per heavy atom. The van der Waals surface area contributed by atoms with E-state index in [9.17, 15) is 19.2 Å². The van der Waals surface area contributed by atoms with Crippen molar-refractivity contribution in [3.63, 3.8) is 0 Å². The Morgan fingerprint density at radius 3 is 1.79 bits per heavy atom. The van der Waals surface area contributed by atoms with Gasteiger partial charge < -0.3 is 11.1 Å². The zero-order valence-corrected chi connectivity index (χ0v) is 13.3. The number of Topliss-reactive ketones (excluding diaryl/α,β-unsaturated/α-hetero) is 2. The van der Waals surface area contributed by atoms with Gasteiger partial charge in [-0.2, -0.15) is 0 Å². The molecule has 0 aliphatic heterocycles. The lowest BCUT2D eigenvalue weighted by Gasteiger charge is -2.09. The second kappa shape index (κ2) is 6.87. The number of hydrogen-bond acceptors (Lipinski definition) is 4. The molecule has 122 valence electrons. The number of rotatable bonds is 5. The lowest BCUT2D eigenvalue weighted by atomic mass is 10.0. The molecule has 2 aromatic rings. The van der Waals surface area contributed by atoms with Gasteiger partial charge in [-0.15, -0.1) is 0 Å². The maximum atomic E-state index is 12.3. The van der Waals surface area contributed by atoms with Gasteiger partial charge >= 0.3 is 0 Å². The SMILES string of the molecule is CC(=O)c1cc(NC(=O)c2cccc(C(N)=O)c2)cc(C(C)=O)c1. The summed E-state index contributed by atoms with van der Waals surface area (Å²) in [7, 11) is 0. The summed E-state index contributed by atoms with van der Waals surface area (Å²) in [6, 6.07) is 10.4. The lowest BCUT2D eigenvalue weighted by Crippen LogP contribution is -2.16. The average molecular weight is 324 g/mol. The number of amides is 2. The third-order valence-corrected chi connectivity index (χ3v) is 3.41. The molecule has 0 heterocycles. The fraction of sp³-hybridized carbons (Fsp3) is 0.111. The number of benzene rings is 2. The Kier molecular flexibility index (Phi) is 4.89. The van der Waals surface area contributed by atoms with Gasteiger partial charge in [0.2, 0.25) is 5.91 Å². The quantitative estimate of drug-likeness (QED) is 0.824. The van der Waals surface area contributed by atoms with Crippen LogP contribution in [0.2, 0.25) is 0 Å². The van der Waals surface area contributed by atoms with E-state index in [1.54, 1.807) is 6.07 Å². The van der Waals surface area contributed by atoms with Crippen LogP contribution in [-0.2, 0) is 0 Å². The standard InChI is InChI=1S/C18H16N2O4/c1-10(21)14-7-15(11(2)22)9-16(8-14)20-18(24)13-5-3-4-12(6-13)17(19)23/h3-9H,1-2H3,(H2,19,23)(H,20,24). The van der Waals surface area contributed by atoms with Crippen molar-refractivity contribution in [1.29, 1.82) is 0 Å². The molecule has 0 saturated heterocycles. The van der Waals surface area contributed by atoms with Gasteiger partial charge in [0, 0.05) is 27.9 Å². The lowest BCUT2D eigenvalue weighted by molar-refractivity contribution is 0.0992. The molecule has 0 aromatic heterocycles. The maximum Gasteiger partial charge on any atom is 0.255 e. The Hall–Kier alpha value is -3.28. The van der Waals surface area contributed by atoms with Crippen molar-refractivity contribution in [3.05, 3.63) is 64.7 Å². The molecule has 6 nitrogen and oxygen atoms in total. The first-order valence-electron chi connectivity index (χ1n) is 7.16. The van der Waals surface area contributed by atoms with Crippen LogP contribution >= 0.6 is 0 Å². The van der Waals surface area contributed by atoms with Crippen LogP contribution in [0.5, 0.6) is 0 Å². The predicted molar refractivity (Wildman–Crippen MR) is 89.4 cm³/mol. The van der Waals surface area contributed by atoms with E-state index >= 15 is 0 Å². The molecular weight excluding hydrogens is 308 g/mol. The normalized spacial score (nSPS) is 10.1. The van der Waals surface area contributed by atoms with Gasteiger partial charge in [-0.3, -0.25) is 19.2 Å². The number of ketones is 2. The Bertz CT molecular complexity index is 824. The largest absolute Gasteiger partial charge is 0.366 e. The van der Waals surface area contributed by atoms with Gasteiger partial charge in [0.25, 0.3) is 5.91 Å². The number of nitrogens with one attached hydrogen (secondary N) is 1. The van der Waals surface area contributed by atoms with Crippen LogP contribution in [0.25, 0.3) is 0 Å². The summed E-state index contributed by atoms with van der Waals surface area (Å²) in [6.45, 7) is 2.75. The molecule has 0 bridgehead atoms. The van der Waals surface area contributed by atoms with Gasteiger partial charge in [0.15, 0.2) is 11.6 Å². The summed E-state index contributed by atoms with van der Waals surface area (Å²) >= 11 is 0. The molecule has 0 aliphatic carbocycles. The van der Waals surface area contributed by atoms with Crippen molar-refractivity contribution in [1.82, 2.24) is 0 Å². The molecule has 6 heteroatoms. The first-order chi connectivity index (χ1) is 11.3. The molecule has 2 aromatic carbocycles. The van der Waals surface area contributed by atoms with E-state index in [0.29, 0.717) is 16.8 Å². The molecule has 0 unspecified atom stereocenters. The molecule has 24 heavy (non-hydrogen) atoms. The number of nitrogens with two attached hydrogens (primary N) is 1. The van der Waals surface area contributed by atoms with E-state index in [1.165, 1.54) is 50.2 Å². The number of primary amides is 1. The molecule has 2 amide bonds. The van der Waals surface area contributed by atoms with Crippen molar-refractivity contribution in [2.24, 2.45) is 5.73 Å². The molecule has 0 aliphatic rings. The van der Waals surface area contributed by atoms with Crippen molar-refractivity contribution in [2.45, 2.75) is 13.8 Å². The minimum absolute atomic E-state index is 0.213. The summed E-state index contributed by atoms with van der Waals surface area (Å²) in [5, 5.41) is 2.62. The second-order valence-corrected chi connectivity index (χ2v) is 5.31. The maximum absolute atomic E-state index is 12.3. The number of carbonyl (C=O) groups excluding carboxylic acids is 4. The summed E-state index contributed by atoms with van der Waals surface area (Å²) in [5.41, 5.74) is 6.62. The first kappa shape index (κ1) is 17.1. The first-order valence-corrected chi connectivity index (χ1v) is 7.16. The van der Waals surface area contributed by atoms with Crippen molar-refractivity contribution in [2.75, 3.05) is 5.32 Å². The highest BCUT2D eigenvalue weighted by Crippen LogP contribution is 2.18. The van der Waals surface area contributed by atoms with Crippen LogP contribution in [0.1, 0.15) is 55.3 Å². The highest BCUT2D eigenvalue weighted by molar-refractivity contribution is 6.08. The molecular formula is C18H16N2O4. The van der Waals surface area contributed by atoms with Gasteiger partial charge in [-0.1, -0.05) is 6.07 Å². The van der Waals surface area contributed by atoms with Crippen LogP contribution in [0.3, 0.4) is 0 Å². The van der Waals surface area contributed by atoms with E-state index in [1.807, 2.05) is 0 Å². The van der Waals surface area contributed by atoms with E-state index in [2.05, 4.69) is 5.32 Å². The van der Waals surface area contributed by atoms with Gasteiger partial charge in [0.05, 0.1) is 0 Å². The van der Waals surface area contributed by atoms with Crippen LogP contribution in [0, 0.1) is 0 Å². The Balaban J connectivity index is 2.34. The highest BCUT2D eigenvalue weighted by Gasteiger charge is 2.12. The summed E-state index contributed by atoms with van der Waals surface area (Å²) in [6.07, 6.45) is 0. The zero-order chi connectivity index (χ0) is 17.9. The van der Waals surface area contributed by atoms with E-state index < -0.39 is 11.8 Å². The third-order valence-electron chi connectivity index (χ3n) is 3.41. The summed E-state index contributed by atoms with van der Waals surface area (Å²) < 4.78 is 0. The van der Waals surface area contributed by atoms with Crippen LogP contribution in [0.15, 0.2) is 42.5 Å². The minimum atomic E-state index is -0.637. The number of hydrogen-bond donors (Lipinski definition) is 2. The summed E-state index contributed by atoms with van der Waals surface area (Å²) in [5.74, 6) is -1.55. The highest BCUT2D eigenvalue weighted by atomic mass is 16.2. The molecule has 3 N–H and O–H groups in total. The van der Waals surface area contributed by atoms with Crippen LogP contribution < -0.4 is 11.1 Å². The predicted octanol–water partition coefficient (Wildman–Crippen LogP) is 2.44. The third kappa shape index (κ3) is 3.92. The van der Waals surface area contributed by atoms with E-state index in [4.69, 9.17) is 5.73 Å². The summed E-state index contributed by atoms with van der Waals surface area (Å²) in [4.78, 5) is 46.7. The number of anilines is 1. The Labute approximate surface area is 138 Å². The van der Waals surface area contributed by atoms with Gasteiger partial charge in [-0.05, 0) is 50.2 Å². The van der Waals surface area contributed by atoms with Crippen LogP contribution in [0.4, 0.5) is 5.69 Å². The molecule has 0 fully saturated rings. The average Bonchev–Trinajstić information content (AvgIpc) is 2.54. The van der Waals surface area contributed by atoms with E-state index in [-0.39, 0.29) is 22.7 Å². The van der Waals surface area contributed by atoms with Crippen LogP contribution in [-0.4, -0.2) is 23.4 Å². The molecule has 0 atom stereocenters. The smallest absolute Gasteiger partial charge is 0.255 e. The Morgan fingerprint density at radius 1 is 0.792 bits per heavy atom. The fourth-order valence-corrected chi connectivity index (χ4v) is 2.12. The van der Waals surface area contributed by atoms with Gasteiger partial charge in [-0.25, -0.2) is 0 Å². The minimum Gasteiger partial charge on any atom is -0.366 e. The number of carbonyl (C=O) groups is 4. The van der Waals surface area contributed by atoms with Crippen molar-refractivity contribution < 1.29 is 19.2 Å². The topological polar surface area (TPSA) is 106 Å². The molecule has 0 radical (unpaired) electrons. The monoisotopic (exact) mass is 324 g/mol. The molecule has 0 spiro atoms. The van der Waals surface area contributed by atoms with Crippen molar-refractivity contribution in [3.8, 4) is 0 Å². The van der Waals surface area contributed by atoms with Crippen molar-refractivity contribution >= 4 is 29.1 Å². The zero-order valence-electron chi connectivity index (χ0n) is 13.3. The molecule has 0 saturated carbocycles.